The molecule has 0 heterocycles. The summed E-state index contributed by atoms with van der Waals surface area (Å²) in [6, 6.07) is 5.42. The summed E-state index contributed by atoms with van der Waals surface area (Å²) >= 11 is 12.4. The van der Waals surface area contributed by atoms with Crippen LogP contribution in [0.3, 0.4) is 0 Å². The molecule has 0 aliphatic heterocycles. The van der Waals surface area contributed by atoms with Crippen LogP contribution < -0.4 is 10.6 Å². The molecule has 0 saturated carbocycles. The lowest BCUT2D eigenvalue weighted by atomic mass is 9.84. The molecule has 0 spiro atoms. The molecule has 1 aromatic rings. The Bertz CT molecular complexity index is 416. The SMILES string of the molecule is CNCC(=O)NCC(C)(C)c1c(Cl)cccc1Cl.Cl. The van der Waals surface area contributed by atoms with Gasteiger partial charge in [0.25, 0.3) is 0 Å². The molecule has 2 N–H and O–H groups in total. The minimum atomic E-state index is -0.321. The number of benzene rings is 1. The van der Waals surface area contributed by atoms with Crippen molar-refractivity contribution < 1.29 is 4.79 Å². The van der Waals surface area contributed by atoms with Gasteiger partial charge in [0.05, 0.1) is 6.54 Å². The number of rotatable bonds is 5. The lowest BCUT2D eigenvalue weighted by molar-refractivity contribution is -0.120. The van der Waals surface area contributed by atoms with Gasteiger partial charge in [-0.2, -0.15) is 0 Å². The summed E-state index contributed by atoms with van der Waals surface area (Å²) in [5, 5.41) is 6.90. The molecule has 0 fully saturated rings. The Balaban J connectivity index is 0.00000324. The average Bonchev–Trinajstić information content (AvgIpc) is 2.26. The van der Waals surface area contributed by atoms with Crippen molar-refractivity contribution in [3.05, 3.63) is 33.8 Å². The van der Waals surface area contributed by atoms with Crippen LogP contribution in [0.25, 0.3) is 0 Å². The van der Waals surface area contributed by atoms with Crippen molar-refractivity contribution in [2.45, 2.75) is 19.3 Å². The Kier molecular flexibility index (Phi) is 7.75. The number of nitrogens with one attached hydrogen (secondary N) is 2. The largest absolute Gasteiger partial charge is 0.354 e. The third kappa shape index (κ3) is 5.19. The Morgan fingerprint density at radius 3 is 2.26 bits per heavy atom. The summed E-state index contributed by atoms with van der Waals surface area (Å²) in [5.74, 6) is -0.0475. The molecular formula is C13H19Cl3N2O. The molecule has 19 heavy (non-hydrogen) atoms. The average molecular weight is 326 g/mol. The van der Waals surface area contributed by atoms with Crippen molar-refractivity contribution >= 4 is 41.5 Å². The molecule has 3 nitrogen and oxygen atoms in total. The number of carbonyl (C=O) groups is 1. The van der Waals surface area contributed by atoms with Crippen LogP contribution in [0.5, 0.6) is 0 Å². The van der Waals surface area contributed by atoms with Gasteiger partial charge >= 0.3 is 0 Å². The quantitative estimate of drug-likeness (QED) is 0.873. The maximum atomic E-state index is 11.5. The predicted octanol–water partition coefficient (Wildman–Crippen LogP) is 3.03. The number of halogens is 3. The molecule has 0 radical (unpaired) electrons. The van der Waals surface area contributed by atoms with E-state index in [0.29, 0.717) is 23.1 Å². The molecule has 0 aromatic heterocycles. The highest BCUT2D eigenvalue weighted by Crippen LogP contribution is 2.35. The first kappa shape index (κ1) is 18.5. The summed E-state index contributed by atoms with van der Waals surface area (Å²) in [6.07, 6.45) is 0. The van der Waals surface area contributed by atoms with Gasteiger partial charge < -0.3 is 10.6 Å². The zero-order valence-corrected chi connectivity index (χ0v) is 13.5. The molecule has 0 unspecified atom stereocenters. The van der Waals surface area contributed by atoms with Crippen molar-refractivity contribution in [2.24, 2.45) is 0 Å². The molecule has 108 valence electrons. The van der Waals surface area contributed by atoms with Gasteiger partial charge in [0.2, 0.25) is 5.91 Å². The second-order valence-electron chi connectivity index (χ2n) is 4.79. The first-order valence-corrected chi connectivity index (χ1v) is 6.50. The summed E-state index contributed by atoms with van der Waals surface area (Å²) in [7, 11) is 1.73. The van der Waals surface area contributed by atoms with Gasteiger partial charge in [-0.25, -0.2) is 0 Å². The van der Waals surface area contributed by atoms with Gasteiger partial charge in [-0.3, -0.25) is 4.79 Å². The van der Waals surface area contributed by atoms with Crippen LogP contribution in [0.15, 0.2) is 18.2 Å². The van der Waals surface area contributed by atoms with Crippen LogP contribution in [-0.2, 0) is 10.2 Å². The minimum absolute atomic E-state index is 0. The van der Waals surface area contributed by atoms with Crippen LogP contribution in [-0.4, -0.2) is 26.0 Å². The third-order valence-corrected chi connectivity index (χ3v) is 3.33. The van der Waals surface area contributed by atoms with Crippen LogP contribution in [0.4, 0.5) is 0 Å². The smallest absolute Gasteiger partial charge is 0.233 e. The highest BCUT2D eigenvalue weighted by atomic mass is 35.5. The van der Waals surface area contributed by atoms with Crippen molar-refractivity contribution in [3.8, 4) is 0 Å². The van der Waals surface area contributed by atoms with Crippen LogP contribution in [0, 0.1) is 0 Å². The fourth-order valence-electron chi connectivity index (χ4n) is 1.78. The van der Waals surface area contributed by atoms with E-state index >= 15 is 0 Å². The lowest BCUT2D eigenvalue weighted by Crippen LogP contribution is -2.40. The summed E-state index contributed by atoms with van der Waals surface area (Å²) in [6.45, 7) is 4.78. The van der Waals surface area contributed by atoms with E-state index in [1.807, 2.05) is 19.9 Å². The highest BCUT2D eigenvalue weighted by molar-refractivity contribution is 6.36. The zero-order chi connectivity index (χ0) is 13.8. The molecule has 1 rings (SSSR count). The Hall–Kier alpha value is -0.480. The predicted molar refractivity (Wildman–Crippen MR) is 83.7 cm³/mol. The molecular weight excluding hydrogens is 307 g/mol. The van der Waals surface area contributed by atoms with Crippen molar-refractivity contribution in [1.29, 1.82) is 0 Å². The van der Waals surface area contributed by atoms with E-state index in [2.05, 4.69) is 10.6 Å². The standard InChI is InChI=1S/C13H18Cl2N2O.ClH/c1-13(2,8-17-11(18)7-16-3)12-9(14)5-4-6-10(12)15;/h4-6,16H,7-8H2,1-3H3,(H,17,18);1H. The van der Waals surface area contributed by atoms with Gasteiger partial charge in [-0.1, -0.05) is 43.1 Å². The molecule has 0 aliphatic rings. The monoisotopic (exact) mass is 324 g/mol. The Morgan fingerprint density at radius 1 is 1.26 bits per heavy atom. The van der Waals surface area contributed by atoms with Crippen LogP contribution in [0.1, 0.15) is 19.4 Å². The van der Waals surface area contributed by atoms with E-state index in [0.717, 1.165) is 5.56 Å². The second kappa shape index (κ2) is 7.95. The van der Waals surface area contributed by atoms with Gasteiger partial charge in [-0.15, -0.1) is 12.4 Å². The maximum absolute atomic E-state index is 11.5. The molecule has 1 aromatic carbocycles. The van der Waals surface area contributed by atoms with E-state index in [1.165, 1.54) is 0 Å². The van der Waals surface area contributed by atoms with E-state index in [9.17, 15) is 4.79 Å². The van der Waals surface area contributed by atoms with Crippen molar-refractivity contribution in [1.82, 2.24) is 10.6 Å². The summed E-state index contributed by atoms with van der Waals surface area (Å²) < 4.78 is 0. The van der Waals surface area contributed by atoms with Gasteiger partial charge in [0, 0.05) is 22.0 Å². The van der Waals surface area contributed by atoms with Crippen molar-refractivity contribution in [2.75, 3.05) is 20.1 Å². The van der Waals surface area contributed by atoms with Crippen LogP contribution >= 0.6 is 35.6 Å². The molecule has 0 bridgehead atoms. The Labute approximate surface area is 130 Å². The molecule has 6 heteroatoms. The number of carbonyl (C=O) groups excluding carboxylic acids is 1. The molecule has 0 atom stereocenters. The topological polar surface area (TPSA) is 41.1 Å². The Morgan fingerprint density at radius 2 is 1.79 bits per heavy atom. The van der Waals surface area contributed by atoms with E-state index < -0.39 is 0 Å². The third-order valence-electron chi connectivity index (χ3n) is 2.70. The fraction of sp³-hybridized carbons (Fsp3) is 0.462. The normalized spacial score (nSPS) is 10.8. The molecule has 0 saturated heterocycles. The van der Waals surface area contributed by atoms with Gasteiger partial charge in [-0.05, 0) is 24.7 Å². The lowest BCUT2D eigenvalue weighted by Gasteiger charge is -2.27. The van der Waals surface area contributed by atoms with E-state index in [1.54, 1.807) is 19.2 Å². The maximum Gasteiger partial charge on any atom is 0.233 e. The van der Waals surface area contributed by atoms with Gasteiger partial charge in [0.15, 0.2) is 0 Å². The van der Waals surface area contributed by atoms with Crippen molar-refractivity contribution in [3.63, 3.8) is 0 Å². The minimum Gasteiger partial charge on any atom is -0.354 e. The highest BCUT2D eigenvalue weighted by Gasteiger charge is 2.26. The number of hydrogen-bond acceptors (Lipinski definition) is 2. The fourth-order valence-corrected chi connectivity index (χ4v) is 2.68. The number of likely N-dealkylation sites (N-methyl/N-ethyl adjacent to an activating group) is 1. The zero-order valence-electron chi connectivity index (χ0n) is 11.2. The van der Waals surface area contributed by atoms with E-state index in [4.69, 9.17) is 23.2 Å². The summed E-state index contributed by atoms with van der Waals surface area (Å²) in [5.41, 5.74) is 0.539. The molecule has 1 amide bonds. The number of hydrogen-bond donors (Lipinski definition) is 2. The second-order valence-corrected chi connectivity index (χ2v) is 5.60. The summed E-state index contributed by atoms with van der Waals surface area (Å²) in [4.78, 5) is 11.5. The van der Waals surface area contributed by atoms with Crippen LogP contribution in [0.2, 0.25) is 10.0 Å². The van der Waals surface area contributed by atoms with Gasteiger partial charge in [0.1, 0.15) is 0 Å². The molecule has 0 aliphatic carbocycles. The first-order chi connectivity index (χ1) is 8.38. The first-order valence-electron chi connectivity index (χ1n) is 5.74. The number of amides is 1. The van der Waals surface area contributed by atoms with E-state index in [-0.39, 0.29) is 23.7 Å².